The fourth-order valence-electron chi connectivity index (χ4n) is 3.61. The molecule has 0 bridgehead atoms. The molecule has 0 spiro atoms. The topological polar surface area (TPSA) is 84.6 Å². The summed E-state index contributed by atoms with van der Waals surface area (Å²) in [7, 11) is 0. The molecule has 6 nitrogen and oxygen atoms in total. The second kappa shape index (κ2) is 9.78. The summed E-state index contributed by atoms with van der Waals surface area (Å²) in [6.07, 6.45) is 10.1. The number of aromatic nitrogens is 2. The molecule has 3 rings (SSSR count). The van der Waals surface area contributed by atoms with Crippen LogP contribution < -0.4 is 5.69 Å². The smallest absolute Gasteiger partial charge is 0.351 e. The van der Waals surface area contributed by atoms with E-state index >= 15 is 0 Å². The van der Waals surface area contributed by atoms with Crippen molar-refractivity contribution in [2.75, 3.05) is 6.61 Å². The Balaban J connectivity index is 1.60. The van der Waals surface area contributed by atoms with Crippen molar-refractivity contribution < 1.29 is 14.9 Å². The lowest BCUT2D eigenvalue weighted by Crippen LogP contribution is -2.27. The molecule has 3 heterocycles. The summed E-state index contributed by atoms with van der Waals surface area (Å²) in [5.41, 5.74) is -0.373. The minimum atomic E-state index is -0.766. The summed E-state index contributed by atoms with van der Waals surface area (Å²) in [6, 6.07) is 2.11. The Morgan fingerprint density at radius 1 is 1.26 bits per heavy atom. The van der Waals surface area contributed by atoms with E-state index in [4.69, 9.17) is 4.74 Å². The maximum atomic E-state index is 12.4. The lowest BCUT2D eigenvalue weighted by atomic mass is 10.1. The van der Waals surface area contributed by atoms with Gasteiger partial charge in [-0.3, -0.25) is 4.57 Å². The summed E-state index contributed by atoms with van der Waals surface area (Å²) >= 11 is 1.59. The van der Waals surface area contributed by atoms with E-state index in [1.807, 2.05) is 0 Å². The van der Waals surface area contributed by atoms with Crippen molar-refractivity contribution in [1.82, 2.24) is 9.55 Å². The van der Waals surface area contributed by atoms with Crippen molar-refractivity contribution in [3.63, 3.8) is 0 Å². The Hall–Kier alpha value is -1.28. The van der Waals surface area contributed by atoms with Gasteiger partial charge in [0.25, 0.3) is 0 Å². The number of nitrogens with zero attached hydrogens (tertiary/aromatic N) is 2. The van der Waals surface area contributed by atoms with Gasteiger partial charge in [0.2, 0.25) is 0 Å². The molecule has 27 heavy (non-hydrogen) atoms. The van der Waals surface area contributed by atoms with Gasteiger partial charge >= 0.3 is 5.69 Å². The van der Waals surface area contributed by atoms with E-state index in [-0.39, 0.29) is 18.7 Å². The van der Waals surface area contributed by atoms with E-state index in [1.165, 1.54) is 54.4 Å². The van der Waals surface area contributed by atoms with E-state index in [0.29, 0.717) is 0 Å². The molecule has 0 aromatic carbocycles. The minimum Gasteiger partial charge on any atom is -0.394 e. The highest BCUT2D eigenvalue weighted by molar-refractivity contribution is 7.18. The van der Waals surface area contributed by atoms with Gasteiger partial charge in [0, 0.05) is 22.9 Å². The molecule has 2 aromatic heterocycles. The van der Waals surface area contributed by atoms with Gasteiger partial charge in [-0.25, -0.2) is 4.79 Å². The first-order valence-corrected chi connectivity index (χ1v) is 10.9. The van der Waals surface area contributed by atoms with Gasteiger partial charge in [-0.2, -0.15) is 4.98 Å². The van der Waals surface area contributed by atoms with Crippen LogP contribution in [0.3, 0.4) is 0 Å². The summed E-state index contributed by atoms with van der Waals surface area (Å²) in [4.78, 5) is 18.6. The van der Waals surface area contributed by atoms with E-state index in [9.17, 15) is 15.0 Å². The Kier molecular flexibility index (Phi) is 7.41. The Morgan fingerprint density at radius 2 is 2.00 bits per heavy atom. The summed E-state index contributed by atoms with van der Waals surface area (Å²) in [6.45, 7) is 1.97. The molecule has 1 saturated heterocycles. The van der Waals surface area contributed by atoms with Gasteiger partial charge in [0.15, 0.2) is 0 Å². The number of hydrogen-bond donors (Lipinski definition) is 2. The van der Waals surface area contributed by atoms with E-state index < -0.39 is 18.4 Å². The van der Waals surface area contributed by atoms with Crippen molar-refractivity contribution in [3.05, 3.63) is 27.6 Å². The number of fused-ring (bicyclic) bond motifs is 1. The molecular weight excluding hydrogens is 364 g/mol. The molecule has 0 saturated carbocycles. The van der Waals surface area contributed by atoms with Crippen LogP contribution >= 0.6 is 11.3 Å². The number of rotatable bonds is 10. The predicted octanol–water partition coefficient (Wildman–Crippen LogP) is 3.39. The molecule has 150 valence electrons. The van der Waals surface area contributed by atoms with Crippen LogP contribution in [0.4, 0.5) is 0 Å². The second-order valence-corrected chi connectivity index (χ2v) is 8.51. The van der Waals surface area contributed by atoms with Gasteiger partial charge in [-0.1, -0.05) is 45.4 Å². The highest BCUT2D eigenvalue weighted by Crippen LogP contribution is 2.30. The molecule has 0 aliphatic carbocycles. The second-order valence-electron chi connectivity index (χ2n) is 7.39. The zero-order valence-corrected chi connectivity index (χ0v) is 16.8. The number of ether oxygens (including phenoxy) is 1. The molecule has 0 amide bonds. The fourth-order valence-corrected chi connectivity index (χ4v) is 4.65. The van der Waals surface area contributed by atoms with Crippen molar-refractivity contribution in [2.45, 2.75) is 83.1 Å². The standard InChI is InChI=1S/C20H30N2O4S/c1-2-3-4-5-6-7-8-9-15-10-14-12-22(20(25)21-19(14)27-15)18-11-16(24)17(13-23)26-18/h10,12,16-18,23-24H,2-9,11,13H2,1H3. The first-order chi connectivity index (χ1) is 13.1. The number of thiophene rings is 1. The fraction of sp³-hybridized carbons (Fsp3) is 0.700. The Bertz CT molecular complexity index is 788. The monoisotopic (exact) mass is 394 g/mol. The van der Waals surface area contributed by atoms with Crippen LogP contribution in [0, 0.1) is 0 Å². The highest BCUT2D eigenvalue weighted by Gasteiger charge is 2.35. The summed E-state index contributed by atoms with van der Waals surface area (Å²) in [5.74, 6) is 0. The Morgan fingerprint density at radius 3 is 2.70 bits per heavy atom. The quantitative estimate of drug-likeness (QED) is 0.604. The van der Waals surface area contributed by atoms with Gasteiger partial charge in [0.05, 0.1) is 12.7 Å². The number of aliphatic hydroxyl groups excluding tert-OH is 2. The van der Waals surface area contributed by atoms with Crippen molar-refractivity contribution >= 4 is 21.6 Å². The molecule has 2 N–H and O–H groups in total. The maximum Gasteiger partial charge on any atom is 0.351 e. The van der Waals surface area contributed by atoms with Gasteiger partial charge in [-0.15, -0.1) is 11.3 Å². The molecule has 1 aliphatic rings. The first kappa shape index (κ1) is 20.5. The number of aliphatic hydroxyl groups is 2. The molecule has 3 unspecified atom stereocenters. The lowest BCUT2D eigenvalue weighted by molar-refractivity contribution is -0.0457. The average molecular weight is 395 g/mol. The van der Waals surface area contributed by atoms with Crippen molar-refractivity contribution in [2.24, 2.45) is 0 Å². The van der Waals surface area contributed by atoms with E-state index in [2.05, 4.69) is 18.0 Å². The van der Waals surface area contributed by atoms with Crippen molar-refractivity contribution in [1.29, 1.82) is 0 Å². The number of unbranched alkanes of at least 4 members (excludes halogenated alkanes) is 6. The summed E-state index contributed by atoms with van der Waals surface area (Å²) in [5, 5.41) is 20.1. The third-order valence-electron chi connectivity index (χ3n) is 5.21. The largest absolute Gasteiger partial charge is 0.394 e. The normalized spacial score (nSPS) is 22.7. The maximum absolute atomic E-state index is 12.4. The van der Waals surface area contributed by atoms with Crippen LogP contribution in [-0.2, 0) is 11.2 Å². The number of aryl methyl sites for hydroxylation is 1. The predicted molar refractivity (Wildman–Crippen MR) is 107 cm³/mol. The molecule has 2 aromatic rings. The van der Waals surface area contributed by atoms with Gasteiger partial charge in [0.1, 0.15) is 17.2 Å². The molecule has 3 atom stereocenters. The zero-order valence-electron chi connectivity index (χ0n) is 16.0. The molecule has 1 fully saturated rings. The van der Waals surface area contributed by atoms with E-state index in [1.54, 1.807) is 17.5 Å². The van der Waals surface area contributed by atoms with Crippen LogP contribution in [0.5, 0.6) is 0 Å². The molecule has 7 heteroatoms. The average Bonchev–Trinajstić information content (AvgIpc) is 3.22. The van der Waals surface area contributed by atoms with Gasteiger partial charge in [-0.05, 0) is 18.9 Å². The molecule has 0 radical (unpaired) electrons. The third kappa shape index (κ3) is 5.16. The SMILES string of the molecule is CCCCCCCCCc1cc2cn(C3CC(O)C(CO)O3)c(=O)nc2s1. The van der Waals surface area contributed by atoms with Crippen LogP contribution in [0.15, 0.2) is 17.1 Å². The molecular formula is C20H30N2O4S. The Labute approximate surface area is 163 Å². The van der Waals surface area contributed by atoms with Crippen LogP contribution in [0.25, 0.3) is 10.2 Å². The highest BCUT2D eigenvalue weighted by atomic mass is 32.1. The zero-order chi connectivity index (χ0) is 19.2. The van der Waals surface area contributed by atoms with Crippen LogP contribution in [-0.4, -0.2) is 38.6 Å². The lowest BCUT2D eigenvalue weighted by Gasteiger charge is -2.14. The van der Waals surface area contributed by atoms with Crippen LogP contribution in [0.2, 0.25) is 0 Å². The first-order valence-electron chi connectivity index (χ1n) is 10.1. The van der Waals surface area contributed by atoms with Crippen LogP contribution in [0.1, 0.15) is 69.4 Å². The van der Waals surface area contributed by atoms with Crippen molar-refractivity contribution in [3.8, 4) is 0 Å². The number of hydrogen-bond acceptors (Lipinski definition) is 6. The van der Waals surface area contributed by atoms with Gasteiger partial charge < -0.3 is 14.9 Å². The molecule has 1 aliphatic heterocycles. The third-order valence-corrected chi connectivity index (χ3v) is 6.31. The minimum absolute atomic E-state index is 0.261. The summed E-state index contributed by atoms with van der Waals surface area (Å²) < 4.78 is 7.03. The van der Waals surface area contributed by atoms with E-state index in [0.717, 1.165) is 16.6 Å².